The lowest BCUT2D eigenvalue weighted by Crippen LogP contribution is -2.28. The van der Waals surface area contributed by atoms with Gasteiger partial charge in [0.1, 0.15) is 5.52 Å². The number of urea groups is 1. The zero-order valence-electron chi connectivity index (χ0n) is 16.1. The van der Waals surface area contributed by atoms with Crippen LogP contribution in [0.25, 0.3) is 22.0 Å². The van der Waals surface area contributed by atoms with Gasteiger partial charge in [0.05, 0.1) is 22.9 Å². The molecule has 2 amide bonds. The predicted molar refractivity (Wildman–Crippen MR) is 128 cm³/mol. The average molecular weight is 478 g/mol. The molecule has 0 aliphatic rings. The van der Waals surface area contributed by atoms with Crippen molar-refractivity contribution in [2.75, 3.05) is 5.32 Å². The Kier molecular flexibility index (Phi) is 8.45. The fraction of sp³-hybridized carbons (Fsp3) is 0.0455. The molecule has 6 nitrogen and oxygen atoms in total. The molecule has 0 unspecified atom stereocenters. The Morgan fingerprint density at radius 2 is 1.68 bits per heavy atom. The molecule has 0 saturated heterocycles. The molecule has 0 radical (unpaired) electrons. The monoisotopic (exact) mass is 476 g/mol. The smallest absolute Gasteiger partial charge is 0.319 e. The predicted octanol–water partition coefficient (Wildman–Crippen LogP) is 5.82. The van der Waals surface area contributed by atoms with Crippen LogP contribution in [0.5, 0.6) is 5.75 Å². The second-order valence-electron chi connectivity index (χ2n) is 6.33. The Bertz CT molecular complexity index is 1190. The number of carbonyl (C=O) groups excluding carboxylic acids is 1. The van der Waals surface area contributed by atoms with Crippen molar-refractivity contribution in [3.8, 4) is 16.9 Å². The van der Waals surface area contributed by atoms with Crippen molar-refractivity contribution in [2.24, 2.45) is 0 Å². The number of fused-ring (bicyclic) bond motifs is 1. The van der Waals surface area contributed by atoms with Gasteiger partial charge in [0.2, 0.25) is 0 Å². The Morgan fingerprint density at radius 1 is 0.968 bits per heavy atom. The number of nitrogens with zero attached hydrogens (tertiary/aromatic N) is 2. The number of carbonyl (C=O) groups is 1. The highest BCUT2D eigenvalue weighted by Crippen LogP contribution is 2.36. The molecule has 9 heteroatoms. The van der Waals surface area contributed by atoms with Gasteiger partial charge < -0.3 is 15.7 Å². The van der Waals surface area contributed by atoms with Crippen LogP contribution in [0.3, 0.4) is 0 Å². The minimum atomic E-state index is -0.490. The fourth-order valence-corrected chi connectivity index (χ4v) is 3.33. The van der Waals surface area contributed by atoms with Crippen LogP contribution in [0.4, 0.5) is 10.5 Å². The first kappa shape index (κ1) is 24.2. The zero-order valence-corrected chi connectivity index (χ0v) is 18.5. The summed E-state index contributed by atoms with van der Waals surface area (Å²) in [7, 11) is 0. The molecule has 2 aromatic heterocycles. The maximum Gasteiger partial charge on any atom is 0.319 e. The lowest BCUT2D eigenvalue weighted by Gasteiger charge is -2.13. The number of phenols is 1. The number of hydrogen-bond acceptors (Lipinski definition) is 4. The first-order valence-corrected chi connectivity index (χ1v) is 9.31. The average Bonchev–Trinajstić information content (AvgIpc) is 2.77. The van der Waals surface area contributed by atoms with Gasteiger partial charge >= 0.3 is 6.03 Å². The van der Waals surface area contributed by atoms with Crippen LogP contribution in [0.15, 0.2) is 73.1 Å². The van der Waals surface area contributed by atoms with E-state index in [1.165, 1.54) is 6.07 Å². The summed E-state index contributed by atoms with van der Waals surface area (Å²) in [5.41, 5.74) is 3.20. The third kappa shape index (κ3) is 5.35. The Morgan fingerprint density at radius 3 is 2.45 bits per heavy atom. The number of amides is 2. The third-order valence-electron chi connectivity index (χ3n) is 4.46. The van der Waals surface area contributed by atoms with E-state index in [2.05, 4.69) is 20.6 Å². The van der Waals surface area contributed by atoms with Crippen molar-refractivity contribution in [1.29, 1.82) is 0 Å². The molecular weight excluding hydrogens is 459 g/mol. The zero-order chi connectivity index (χ0) is 20.2. The number of nitrogens with one attached hydrogen (secondary N) is 2. The number of phenolic OH excluding ortho intramolecular Hbond substituents is 1. The van der Waals surface area contributed by atoms with Crippen LogP contribution in [0.1, 0.15) is 5.69 Å². The molecule has 3 N–H and O–H groups in total. The van der Waals surface area contributed by atoms with Gasteiger partial charge in [-0.05, 0) is 29.8 Å². The molecule has 0 saturated carbocycles. The lowest BCUT2D eigenvalue weighted by molar-refractivity contribution is 0.251. The number of anilines is 1. The topological polar surface area (TPSA) is 87.1 Å². The van der Waals surface area contributed by atoms with Crippen LogP contribution in [-0.2, 0) is 6.54 Å². The highest BCUT2D eigenvalue weighted by Gasteiger charge is 2.14. The summed E-state index contributed by atoms with van der Waals surface area (Å²) in [6.45, 7) is 0.219. The quantitative estimate of drug-likeness (QED) is 0.323. The molecule has 4 aromatic rings. The molecule has 0 spiro atoms. The van der Waals surface area contributed by atoms with Gasteiger partial charge in [-0.15, -0.1) is 24.8 Å². The van der Waals surface area contributed by atoms with Crippen molar-refractivity contribution >= 4 is 59.0 Å². The van der Waals surface area contributed by atoms with Crippen LogP contribution < -0.4 is 10.6 Å². The SMILES string of the molecule is Cl.Cl.O=C(NCc1ncccc1-c1ccccc1)Nc1cc(Cl)c2cccnc2c1O. The number of hydrogen-bond donors (Lipinski definition) is 3. The summed E-state index contributed by atoms with van der Waals surface area (Å²) in [5.74, 6) is -0.136. The molecule has 0 atom stereocenters. The van der Waals surface area contributed by atoms with Crippen molar-refractivity contribution < 1.29 is 9.90 Å². The van der Waals surface area contributed by atoms with Gasteiger partial charge in [0.15, 0.2) is 5.75 Å². The first-order valence-electron chi connectivity index (χ1n) is 8.94. The van der Waals surface area contributed by atoms with Gasteiger partial charge in [-0.2, -0.15) is 0 Å². The largest absolute Gasteiger partial charge is 0.504 e. The highest BCUT2D eigenvalue weighted by atomic mass is 35.5. The second kappa shape index (κ2) is 10.8. The van der Waals surface area contributed by atoms with E-state index in [1.807, 2.05) is 42.5 Å². The van der Waals surface area contributed by atoms with E-state index in [0.717, 1.165) is 16.8 Å². The normalized spacial score (nSPS) is 9.97. The van der Waals surface area contributed by atoms with E-state index >= 15 is 0 Å². The number of pyridine rings is 2. The van der Waals surface area contributed by atoms with Crippen LogP contribution in [0, 0.1) is 0 Å². The first-order chi connectivity index (χ1) is 14.1. The number of aromatic hydroxyl groups is 1. The lowest BCUT2D eigenvalue weighted by atomic mass is 10.0. The molecule has 4 rings (SSSR count). The maximum atomic E-state index is 12.4. The molecule has 0 aliphatic carbocycles. The van der Waals surface area contributed by atoms with Crippen LogP contribution >= 0.6 is 36.4 Å². The van der Waals surface area contributed by atoms with Gasteiger partial charge in [0, 0.05) is 23.3 Å². The Labute approximate surface area is 196 Å². The van der Waals surface area contributed by atoms with E-state index in [0.29, 0.717) is 15.9 Å². The third-order valence-corrected chi connectivity index (χ3v) is 4.77. The van der Waals surface area contributed by atoms with Crippen molar-refractivity contribution in [3.63, 3.8) is 0 Å². The molecule has 0 bridgehead atoms. The van der Waals surface area contributed by atoms with Crippen LogP contribution in [-0.4, -0.2) is 21.1 Å². The standard InChI is InChI=1S/C22H17ClN4O2.2ClH/c23-17-12-18(21(28)20-16(17)9-5-11-25-20)27-22(29)26-13-19-15(8-4-10-24-19)14-6-2-1-3-7-14;;/h1-12,28H,13H2,(H2,26,27,29);2*1H. The Balaban J connectivity index is 0.00000171. The van der Waals surface area contributed by atoms with E-state index in [-0.39, 0.29) is 42.8 Å². The Hall–Kier alpha value is -3.06. The van der Waals surface area contributed by atoms with E-state index in [1.54, 1.807) is 24.5 Å². The van der Waals surface area contributed by atoms with Crippen molar-refractivity contribution in [1.82, 2.24) is 15.3 Å². The number of rotatable bonds is 4. The summed E-state index contributed by atoms with van der Waals surface area (Å²) in [4.78, 5) is 20.9. The van der Waals surface area contributed by atoms with Crippen molar-refractivity contribution in [2.45, 2.75) is 6.54 Å². The fourth-order valence-electron chi connectivity index (χ4n) is 3.07. The van der Waals surface area contributed by atoms with Gasteiger partial charge in [-0.1, -0.05) is 48.0 Å². The van der Waals surface area contributed by atoms with Crippen LogP contribution in [0.2, 0.25) is 5.02 Å². The maximum absolute atomic E-state index is 12.4. The van der Waals surface area contributed by atoms with Gasteiger partial charge in [-0.25, -0.2) is 4.79 Å². The number of aromatic nitrogens is 2. The molecule has 160 valence electrons. The molecular formula is C22H19Cl3N4O2. The number of halogens is 3. The van der Waals surface area contributed by atoms with E-state index in [4.69, 9.17) is 11.6 Å². The summed E-state index contributed by atoms with van der Waals surface area (Å²) in [6, 6.07) is 18.1. The van der Waals surface area contributed by atoms with Gasteiger partial charge in [-0.3, -0.25) is 9.97 Å². The second-order valence-corrected chi connectivity index (χ2v) is 6.73. The summed E-state index contributed by atoms with van der Waals surface area (Å²) in [6.07, 6.45) is 3.23. The molecule has 0 aliphatic heterocycles. The molecule has 31 heavy (non-hydrogen) atoms. The molecule has 0 fully saturated rings. The minimum absolute atomic E-state index is 0. The van der Waals surface area contributed by atoms with Gasteiger partial charge in [0.25, 0.3) is 0 Å². The summed E-state index contributed by atoms with van der Waals surface area (Å²) in [5, 5.41) is 16.8. The molecule has 2 aromatic carbocycles. The van der Waals surface area contributed by atoms with E-state index in [9.17, 15) is 9.90 Å². The van der Waals surface area contributed by atoms with E-state index < -0.39 is 6.03 Å². The summed E-state index contributed by atoms with van der Waals surface area (Å²) >= 11 is 6.25. The number of benzene rings is 2. The summed E-state index contributed by atoms with van der Waals surface area (Å²) < 4.78 is 0. The highest BCUT2D eigenvalue weighted by molar-refractivity contribution is 6.36. The molecule has 2 heterocycles. The van der Waals surface area contributed by atoms with Crippen molar-refractivity contribution in [3.05, 3.63) is 83.8 Å². The minimum Gasteiger partial charge on any atom is -0.504 e.